The molecular formula is C7H3NO4S2-2. The third-order valence-corrected chi connectivity index (χ3v) is 2.48. The Kier molecular flexibility index (Phi) is 3.15. The van der Waals surface area contributed by atoms with Crippen LogP contribution < -0.4 is 10.2 Å². The Bertz CT molecular complexity index is 457. The maximum absolute atomic E-state index is 10.5. The Labute approximate surface area is 87.3 Å². The molecule has 5 nitrogen and oxygen atoms in total. The van der Waals surface area contributed by atoms with Crippen molar-refractivity contribution in [3.63, 3.8) is 0 Å². The van der Waals surface area contributed by atoms with Gasteiger partial charge in [0.15, 0.2) is 3.95 Å². The first-order chi connectivity index (χ1) is 6.50. The second kappa shape index (κ2) is 4.16. The normalized spacial score (nSPS) is 10.6. The summed E-state index contributed by atoms with van der Waals surface area (Å²) >= 11 is 5.50. The van der Waals surface area contributed by atoms with E-state index in [-0.39, 0.29) is 14.5 Å². The van der Waals surface area contributed by atoms with E-state index in [2.05, 4.69) is 4.98 Å². The van der Waals surface area contributed by atoms with Gasteiger partial charge in [-0.15, -0.1) is 11.3 Å². The van der Waals surface area contributed by atoms with Crippen LogP contribution in [-0.2, 0) is 4.79 Å². The van der Waals surface area contributed by atoms with Crippen LogP contribution >= 0.6 is 23.6 Å². The van der Waals surface area contributed by atoms with Crippen LogP contribution in [0.5, 0.6) is 0 Å². The third kappa shape index (κ3) is 2.51. The van der Waals surface area contributed by atoms with E-state index in [0.717, 1.165) is 17.4 Å². The summed E-state index contributed by atoms with van der Waals surface area (Å²) < 4.78 is 0.238. The monoisotopic (exact) mass is 229 g/mol. The molecule has 0 saturated carbocycles. The van der Waals surface area contributed by atoms with Crippen LogP contribution in [0.15, 0.2) is 6.08 Å². The average Bonchev–Trinajstić information content (AvgIpc) is 2.43. The van der Waals surface area contributed by atoms with Gasteiger partial charge in [0, 0.05) is 0 Å². The number of aromatic amines is 1. The summed E-state index contributed by atoms with van der Waals surface area (Å²) in [6, 6.07) is 0. The quantitative estimate of drug-likeness (QED) is 0.526. The van der Waals surface area contributed by atoms with Gasteiger partial charge in [0.1, 0.15) is 0 Å². The fraction of sp³-hybridized carbons (Fsp3) is 0. The Morgan fingerprint density at radius 1 is 1.43 bits per heavy atom. The molecule has 0 saturated heterocycles. The van der Waals surface area contributed by atoms with E-state index in [0.29, 0.717) is 6.08 Å². The van der Waals surface area contributed by atoms with Crippen molar-refractivity contribution < 1.29 is 19.8 Å². The summed E-state index contributed by atoms with van der Waals surface area (Å²) in [4.78, 5) is 23.0. The molecule has 0 fully saturated rings. The number of carboxylic acid groups (broad SMARTS) is 2. The van der Waals surface area contributed by atoms with Gasteiger partial charge in [-0.05, 0) is 24.4 Å². The molecule has 0 aliphatic heterocycles. The maximum Gasteiger partial charge on any atom is 0.159 e. The number of carbonyl (C=O) groups excluding carboxylic acids is 2. The highest BCUT2D eigenvalue weighted by molar-refractivity contribution is 7.73. The van der Waals surface area contributed by atoms with E-state index in [9.17, 15) is 19.8 Å². The van der Waals surface area contributed by atoms with Crippen LogP contribution in [0.4, 0.5) is 0 Å². The van der Waals surface area contributed by atoms with Gasteiger partial charge in [-0.1, -0.05) is 0 Å². The van der Waals surface area contributed by atoms with E-state index in [1.54, 1.807) is 0 Å². The zero-order valence-electron chi connectivity index (χ0n) is 6.60. The zero-order valence-corrected chi connectivity index (χ0v) is 8.24. The molecule has 0 bridgehead atoms. The summed E-state index contributed by atoms with van der Waals surface area (Å²) in [5.41, 5.74) is 0.101. The molecule has 0 amide bonds. The van der Waals surface area contributed by atoms with E-state index in [1.165, 1.54) is 0 Å². The Morgan fingerprint density at radius 3 is 2.57 bits per heavy atom. The second-order valence-corrected chi connectivity index (χ2v) is 3.88. The topological polar surface area (TPSA) is 96.0 Å². The largest absolute Gasteiger partial charge is 0.545 e. The van der Waals surface area contributed by atoms with Crippen molar-refractivity contribution in [2.45, 2.75) is 0 Å². The van der Waals surface area contributed by atoms with Crippen molar-refractivity contribution in [3.8, 4) is 0 Å². The van der Waals surface area contributed by atoms with Crippen molar-refractivity contribution >= 4 is 41.6 Å². The molecule has 74 valence electrons. The van der Waals surface area contributed by atoms with Crippen molar-refractivity contribution in [1.29, 1.82) is 0 Å². The number of aromatic carboxylic acids is 1. The molecule has 14 heavy (non-hydrogen) atoms. The Morgan fingerprint density at radius 2 is 2.07 bits per heavy atom. The van der Waals surface area contributed by atoms with Gasteiger partial charge in [-0.2, -0.15) is 0 Å². The molecule has 0 radical (unpaired) electrons. The summed E-state index contributed by atoms with van der Waals surface area (Å²) in [6.45, 7) is 0. The minimum absolute atomic E-state index is 0.101. The number of carbonyl (C=O) groups is 2. The number of H-pyrrole nitrogens is 1. The number of nitrogens with one attached hydrogen (secondary N) is 1. The number of hydrogen-bond acceptors (Lipinski definition) is 6. The lowest BCUT2D eigenvalue weighted by Gasteiger charge is -1.98. The highest BCUT2D eigenvalue weighted by atomic mass is 32.1. The summed E-state index contributed by atoms with van der Waals surface area (Å²) in [5.74, 6) is -2.82. The lowest BCUT2D eigenvalue weighted by Crippen LogP contribution is -2.22. The van der Waals surface area contributed by atoms with Crippen LogP contribution in [0.2, 0.25) is 0 Å². The van der Waals surface area contributed by atoms with Gasteiger partial charge in [-0.25, -0.2) is 0 Å². The molecule has 1 aromatic heterocycles. The minimum Gasteiger partial charge on any atom is -0.545 e. The maximum atomic E-state index is 10.5. The van der Waals surface area contributed by atoms with E-state index in [1.807, 2.05) is 0 Å². The van der Waals surface area contributed by atoms with Crippen molar-refractivity contribution in [2.75, 3.05) is 0 Å². The van der Waals surface area contributed by atoms with Crippen LogP contribution in [0, 0.1) is 3.95 Å². The van der Waals surface area contributed by atoms with E-state index in [4.69, 9.17) is 12.2 Å². The van der Waals surface area contributed by atoms with Crippen molar-refractivity contribution in [3.05, 3.63) is 20.6 Å². The third-order valence-electron chi connectivity index (χ3n) is 1.25. The summed E-state index contributed by atoms with van der Waals surface area (Å²) in [7, 11) is 0. The molecule has 0 spiro atoms. The predicted octanol–water partition coefficient (Wildman–Crippen LogP) is -1.07. The fourth-order valence-electron chi connectivity index (χ4n) is 0.760. The summed E-state index contributed by atoms with van der Waals surface area (Å²) in [6.07, 6.45) is 1.77. The molecule has 7 heteroatoms. The van der Waals surface area contributed by atoms with Crippen LogP contribution in [-0.4, -0.2) is 16.9 Å². The summed E-state index contributed by atoms with van der Waals surface area (Å²) in [5, 5.41) is 20.6. The molecule has 0 aliphatic carbocycles. The molecule has 1 N–H and O–H groups in total. The Hall–Kier alpha value is -1.47. The number of carboxylic acids is 2. The predicted molar refractivity (Wildman–Crippen MR) is 47.9 cm³/mol. The minimum atomic E-state index is -1.42. The number of rotatable bonds is 3. The fourth-order valence-corrected chi connectivity index (χ4v) is 1.78. The van der Waals surface area contributed by atoms with Gasteiger partial charge in [0.2, 0.25) is 0 Å². The first kappa shape index (κ1) is 10.6. The van der Waals surface area contributed by atoms with Gasteiger partial charge >= 0.3 is 0 Å². The van der Waals surface area contributed by atoms with Gasteiger partial charge in [-0.3, -0.25) is 0 Å². The van der Waals surface area contributed by atoms with Crippen LogP contribution in [0.25, 0.3) is 6.08 Å². The molecule has 0 aromatic carbocycles. The number of hydrogen-bond donors (Lipinski definition) is 1. The zero-order chi connectivity index (χ0) is 10.7. The van der Waals surface area contributed by atoms with Gasteiger partial charge < -0.3 is 24.8 Å². The van der Waals surface area contributed by atoms with E-state index >= 15 is 0 Å². The highest BCUT2D eigenvalue weighted by Crippen LogP contribution is 2.15. The Balaban J connectivity index is 3.14. The van der Waals surface area contributed by atoms with Gasteiger partial charge in [0.05, 0.1) is 22.5 Å². The number of aliphatic carboxylic acids is 1. The molecular weight excluding hydrogens is 226 g/mol. The molecule has 1 heterocycles. The molecule has 0 atom stereocenters. The van der Waals surface area contributed by atoms with E-state index < -0.39 is 11.9 Å². The van der Waals surface area contributed by atoms with Crippen LogP contribution in [0.3, 0.4) is 0 Å². The molecule has 1 rings (SSSR count). The smallest absolute Gasteiger partial charge is 0.159 e. The second-order valence-electron chi connectivity index (χ2n) is 2.20. The molecule has 1 aromatic rings. The highest BCUT2D eigenvalue weighted by Gasteiger charge is 2.03. The first-order valence-corrected chi connectivity index (χ1v) is 4.56. The number of aromatic nitrogens is 1. The lowest BCUT2D eigenvalue weighted by atomic mass is 10.3. The first-order valence-electron chi connectivity index (χ1n) is 3.34. The lowest BCUT2D eigenvalue weighted by molar-refractivity contribution is -0.297. The van der Waals surface area contributed by atoms with Crippen LogP contribution in [0.1, 0.15) is 15.4 Å². The van der Waals surface area contributed by atoms with Crippen molar-refractivity contribution in [1.82, 2.24) is 4.98 Å². The average molecular weight is 229 g/mol. The molecule has 0 unspecified atom stereocenters. The van der Waals surface area contributed by atoms with Gasteiger partial charge in [0.25, 0.3) is 0 Å². The standard InChI is InChI=1S/C7H5NO4S2/c9-4(10)2-1-3-5(6(11)12)14-7(13)8-3/h1-2H,(H,8,13)(H,9,10)(H,11,12)/p-2/b2-1-. The van der Waals surface area contributed by atoms with Crippen molar-refractivity contribution in [2.24, 2.45) is 0 Å². The molecule has 0 aliphatic rings. The number of thiazole rings is 1. The SMILES string of the molecule is O=C([O-])/C=C\c1[nH]c(=S)sc1C(=O)[O-].